The number of aryl methyl sites for hydroxylation is 1. The van der Waals surface area contributed by atoms with E-state index in [-0.39, 0.29) is 18.7 Å². The number of benzene rings is 1. The van der Waals surface area contributed by atoms with E-state index in [0.717, 1.165) is 64.8 Å². The third-order valence-corrected chi connectivity index (χ3v) is 7.36. The molecule has 0 amide bonds. The molecule has 2 aliphatic rings. The smallest absolute Gasteiger partial charge is 0.225 e. The van der Waals surface area contributed by atoms with Gasteiger partial charge >= 0.3 is 0 Å². The summed E-state index contributed by atoms with van der Waals surface area (Å²) in [5, 5.41) is 5.03. The maximum Gasteiger partial charge on any atom is 0.225 e. The second kappa shape index (κ2) is 12.0. The zero-order chi connectivity index (χ0) is 24.7. The lowest BCUT2D eigenvalue weighted by atomic mass is 9.97. The van der Waals surface area contributed by atoms with Gasteiger partial charge in [-0.25, -0.2) is 9.97 Å². The fourth-order valence-corrected chi connectivity index (χ4v) is 5.20. The van der Waals surface area contributed by atoms with Gasteiger partial charge in [-0.05, 0) is 63.1 Å². The van der Waals surface area contributed by atoms with Crippen molar-refractivity contribution in [1.82, 2.24) is 19.9 Å². The summed E-state index contributed by atoms with van der Waals surface area (Å²) >= 11 is 0. The van der Waals surface area contributed by atoms with E-state index in [1.807, 2.05) is 0 Å². The monoisotopic (exact) mass is 491 g/mol. The average molecular weight is 492 g/mol. The summed E-state index contributed by atoms with van der Waals surface area (Å²) in [5.74, 6) is 1.23. The molecule has 192 valence electrons. The number of ether oxygens (including phenoxy) is 2. The predicted octanol–water partition coefficient (Wildman–Crippen LogP) is 4.18. The molecule has 2 aliphatic heterocycles. The van der Waals surface area contributed by atoms with Crippen LogP contribution in [0.3, 0.4) is 0 Å². The largest absolute Gasteiger partial charge is 0.353 e. The molecule has 8 nitrogen and oxygen atoms in total. The summed E-state index contributed by atoms with van der Waals surface area (Å²) in [4.78, 5) is 23.6. The molecule has 2 fully saturated rings. The highest BCUT2D eigenvalue weighted by molar-refractivity contribution is 5.96. The Morgan fingerprint density at radius 2 is 1.94 bits per heavy atom. The van der Waals surface area contributed by atoms with Crippen LogP contribution in [0.4, 0.5) is 5.95 Å². The molecule has 36 heavy (non-hydrogen) atoms. The summed E-state index contributed by atoms with van der Waals surface area (Å²) in [5.41, 5.74) is 3.16. The number of para-hydroxylation sites is 1. The van der Waals surface area contributed by atoms with Crippen molar-refractivity contribution in [3.05, 3.63) is 54.0 Å². The van der Waals surface area contributed by atoms with E-state index in [1.54, 1.807) is 12.4 Å². The molecule has 0 aliphatic carbocycles. The van der Waals surface area contributed by atoms with Gasteiger partial charge in [-0.15, -0.1) is 0 Å². The lowest BCUT2D eigenvalue weighted by Crippen LogP contribution is -2.38. The van der Waals surface area contributed by atoms with Gasteiger partial charge in [0.05, 0.1) is 5.56 Å². The number of nitrogens with zero attached hydrogens (tertiary/aromatic N) is 4. The Morgan fingerprint density at radius 1 is 1.14 bits per heavy atom. The van der Waals surface area contributed by atoms with Crippen LogP contribution in [-0.4, -0.2) is 59.5 Å². The summed E-state index contributed by atoms with van der Waals surface area (Å²) in [6.45, 7) is 7.64. The standard InChI is InChI=1S/C28H37N5O3/c1-2-32-19-23(24-7-3-4-8-25(24)32)16-29-15-21-10-12-33(13-11-21)28-30-17-22(18-31-28)26(34)20-36-27-9-5-6-14-35-27/h3-4,7-8,17-19,21,27,29H,2,5-6,9-16,20H2,1H3. The first-order valence-corrected chi connectivity index (χ1v) is 13.3. The second-order valence-corrected chi connectivity index (χ2v) is 9.82. The van der Waals surface area contributed by atoms with Gasteiger partial charge in [0.15, 0.2) is 12.1 Å². The highest BCUT2D eigenvalue weighted by Crippen LogP contribution is 2.23. The molecule has 3 aromatic rings. The van der Waals surface area contributed by atoms with Crippen molar-refractivity contribution in [3.8, 4) is 0 Å². The van der Waals surface area contributed by atoms with Crippen molar-refractivity contribution in [2.45, 2.75) is 58.4 Å². The zero-order valence-electron chi connectivity index (χ0n) is 21.2. The lowest BCUT2D eigenvalue weighted by molar-refractivity contribution is -0.155. The molecule has 0 saturated carbocycles. The number of hydrogen-bond donors (Lipinski definition) is 1. The Kier molecular flexibility index (Phi) is 8.25. The van der Waals surface area contributed by atoms with E-state index >= 15 is 0 Å². The average Bonchev–Trinajstić information content (AvgIpc) is 3.30. The number of fused-ring (bicyclic) bond motifs is 1. The van der Waals surface area contributed by atoms with E-state index < -0.39 is 0 Å². The second-order valence-electron chi connectivity index (χ2n) is 9.82. The summed E-state index contributed by atoms with van der Waals surface area (Å²) in [6, 6.07) is 8.64. The molecule has 1 unspecified atom stereocenters. The van der Waals surface area contributed by atoms with Crippen molar-refractivity contribution in [2.24, 2.45) is 5.92 Å². The van der Waals surface area contributed by atoms with Gasteiger partial charge in [0.2, 0.25) is 5.95 Å². The predicted molar refractivity (Wildman–Crippen MR) is 140 cm³/mol. The molecule has 1 aromatic carbocycles. The molecule has 2 saturated heterocycles. The number of rotatable bonds is 10. The molecule has 2 aromatic heterocycles. The number of Topliss-reactive ketones (excluding diaryl/α,β-unsaturated/α-hetero) is 1. The number of carbonyl (C=O) groups excluding carboxylic acids is 1. The molecule has 1 N–H and O–H groups in total. The summed E-state index contributed by atoms with van der Waals surface area (Å²) in [6.07, 6.45) is 10.4. The third kappa shape index (κ3) is 5.94. The van der Waals surface area contributed by atoms with Gasteiger partial charge in [0.25, 0.3) is 0 Å². The van der Waals surface area contributed by atoms with E-state index in [1.165, 1.54) is 16.5 Å². The van der Waals surface area contributed by atoms with Gasteiger partial charge in [0, 0.05) is 62.3 Å². The van der Waals surface area contributed by atoms with Crippen LogP contribution in [-0.2, 0) is 22.6 Å². The van der Waals surface area contributed by atoms with Crippen molar-refractivity contribution in [3.63, 3.8) is 0 Å². The maximum absolute atomic E-state index is 12.4. The van der Waals surface area contributed by atoms with Crippen molar-refractivity contribution < 1.29 is 14.3 Å². The van der Waals surface area contributed by atoms with Gasteiger partial charge in [-0.2, -0.15) is 0 Å². The van der Waals surface area contributed by atoms with E-state index in [9.17, 15) is 4.79 Å². The van der Waals surface area contributed by atoms with E-state index in [4.69, 9.17) is 9.47 Å². The number of piperidine rings is 1. The number of ketones is 1. The first-order valence-electron chi connectivity index (χ1n) is 13.3. The first-order chi connectivity index (χ1) is 17.7. The van der Waals surface area contributed by atoms with E-state index in [2.05, 4.69) is 62.1 Å². The molecule has 8 heteroatoms. The maximum atomic E-state index is 12.4. The third-order valence-electron chi connectivity index (χ3n) is 7.36. The number of hydrogen-bond acceptors (Lipinski definition) is 7. The highest BCUT2D eigenvalue weighted by atomic mass is 16.7. The Labute approximate surface area is 213 Å². The molecule has 5 rings (SSSR count). The Balaban J connectivity index is 1.06. The Hall–Kier alpha value is -2.81. The summed E-state index contributed by atoms with van der Waals surface area (Å²) < 4.78 is 13.4. The Morgan fingerprint density at radius 3 is 2.69 bits per heavy atom. The number of nitrogens with one attached hydrogen (secondary N) is 1. The van der Waals surface area contributed by atoms with Crippen LogP contribution in [0.2, 0.25) is 0 Å². The van der Waals surface area contributed by atoms with Crippen LogP contribution < -0.4 is 10.2 Å². The SMILES string of the molecule is CCn1cc(CNCC2CCN(c3ncc(C(=O)COC4CCCCO4)cn3)CC2)c2ccccc21. The molecule has 4 heterocycles. The van der Waals surface area contributed by atoms with Crippen LogP contribution in [0.1, 0.15) is 54.9 Å². The van der Waals surface area contributed by atoms with Gasteiger partial charge in [-0.1, -0.05) is 18.2 Å². The topological polar surface area (TPSA) is 81.5 Å². The lowest BCUT2D eigenvalue weighted by Gasteiger charge is -2.32. The highest BCUT2D eigenvalue weighted by Gasteiger charge is 2.22. The minimum Gasteiger partial charge on any atom is -0.353 e. The van der Waals surface area contributed by atoms with Gasteiger partial charge < -0.3 is 24.3 Å². The molecule has 1 atom stereocenters. The Bertz CT molecular complexity index is 1130. The van der Waals surface area contributed by atoms with Crippen molar-refractivity contribution in [1.29, 1.82) is 0 Å². The fourth-order valence-electron chi connectivity index (χ4n) is 5.20. The van der Waals surface area contributed by atoms with E-state index in [0.29, 0.717) is 24.0 Å². The molecular weight excluding hydrogens is 454 g/mol. The summed E-state index contributed by atoms with van der Waals surface area (Å²) in [7, 11) is 0. The van der Waals surface area contributed by atoms with Gasteiger partial charge in [0.1, 0.15) is 6.61 Å². The van der Waals surface area contributed by atoms with Crippen LogP contribution >= 0.6 is 0 Å². The quantitative estimate of drug-likeness (QED) is 0.426. The van der Waals surface area contributed by atoms with Crippen LogP contribution in [0, 0.1) is 5.92 Å². The van der Waals surface area contributed by atoms with Crippen LogP contribution in [0.15, 0.2) is 42.9 Å². The first kappa shape index (κ1) is 24.9. The van der Waals surface area contributed by atoms with Crippen LogP contribution in [0.25, 0.3) is 10.9 Å². The van der Waals surface area contributed by atoms with Crippen LogP contribution in [0.5, 0.6) is 0 Å². The number of carbonyl (C=O) groups is 1. The minimum absolute atomic E-state index is 0.00469. The van der Waals surface area contributed by atoms with Crippen molar-refractivity contribution in [2.75, 3.05) is 37.7 Å². The molecule has 0 spiro atoms. The molecule has 0 radical (unpaired) electrons. The number of anilines is 1. The minimum atomic E-state index is -0.268. The fraction of sp³-hybridized carbons (Fsp3) is 0.536. The zero-order valence-corrected chi connectivity index (χ0v) is 21.2. The normalized spacial score (nSPS) is 19.1. The van der Waals surface area contributed by atoms with Crippen molar-refractivity contribution >= 4 is 22.6 Å². The molecular formula is C28H37N5O3. The molecule has 0 bridgehead atoms. The number of aromatic nitrogens is 3. The van der Waals surface area contributed by atoms with Gasteiger partial charge in [-0.3, -0.25) is 4.79 Å².